The van der Waals surface area contributed by atoms with Crippen molar-refractivity contribution in [3.05, 3.63) is 41.5 Å². The summed E-state index contributed by atoms with van der Waals surface area (Å²) in [6.07, 6.45) is 0. The van der Waals surface area contributed by atoms with E-state index in [0.717, 1.165) is 0 Å². The van der Waals surface area contributed by atoms with Crippen LogP contribution in [0.15, 0.2) is 28.7 Å². The molecule has 1 aromatic carbocycles. The fourth-order valence-electron chi connectivity index (χ4n) is 2.15. The number of amides is 1. The third-order valence-electron chi connectivity index (χ3n) is 3.40. The predicted molar refractivity (Wildman–Crippen MR) is 82.6 cm³/mol. The Morgan fingerprint density at radius 1 is 1.35 bits per heavy atom. The number of rotatable bonds is 4. The van der Waals surface area contributed by atoms with Crippen LogP contribution in [0.4, 0.5) is 4.39 Å². The molecule has 0 radical (unpaired) electrons. The van der Waals surface area contributed by atoms with Gasteiger partial charge in [0.15, 0.2) is 5.82 Å². The highest BCUT2D eigenvalue weighted by Crippen LogP contribution is 2.20. The van der Waals surface area contributed by atoms with Gasteiger partial charge in [-0.2, -0.15) is 9.50 Å². The van der Waals surface area contributed by atoms with Gasteiger partial charge in [0.1, 0.15) is 5.82 Å². The minimum Gasteiger partial charge on any atom is -0.416 e. The Bertz CT molecular complexity index is 849. The molecule has 3 aromatic rings. The lowest BCUT2D eigenvalue weighted by atomic mass is 10.2. The monoisotopic (exact) mass is 316 g/mol. The van der Waals surface area contributed by atoms with Gasteiger partial charge in [0, 0.05) is 12.1 Å². The van der Waals surface area contributed by atoms with Crippen molar-refractivity contribution in [2.75, 3.05) is 6.54 Å². The van der Waals surface area contributed by atoms with Crippen LogP contribution in [0.3, 0.4) is 0 Å². The molecule has 2 aromatic heterocycles. The second kappa shape index (κ2) is 5.83. The SMILES string of the molecule is Cc1c(C(=O)NCC(C)C)oc2nc(-c3ccc(F)cc3)nn12. The summed E-state index contributed by atoms with van der Waals surface area (Å²) in [5.74, 6) is 0.592. The first kappa shape index (κ1) is 15.2. The Labute approximate surface area is 132 Å². The molecule has 0 saturated carbocycles. The molecule has 0 spiro atoms. The average Bonchev–Trinajstić information content (AvgIpc) is 3.05. The molecule has 0 fully saturated rings. The lowest BCUT2D eigenvalue weighted by Gasteiger charge is -2.05. The Balaban J connectivity index is 1.91. The summed E-state index contributed by atoms with van der Waals surface area (Å²) in [6, 6.07) is 5.87. The molecule has 1 amide bonds. The van der Waals surface area contributed by atoms with Crippen LogP contribution in [0, 0.1) is 18.7 Å². The van der Waals surface area contributed by atoms with Crippen LogP contribution in [0.25, 0.3) is 17.2 Å². The van der Waals surface area contributed by atoms with E-state index < -0.39 is 0 Å². The van der Waals surface area contributed by atoms with Crippen LogP contribution >= 0.6 is 0 Å². The minimum atomic E-state index is -0.322. The van der Waals surface area contributed by atoms with E-state index in [1.165, 1.54) is 16.6 Å². The van der Waals surface area contributed by atoms with Crippen LogP contribution < -0.4 is 5.32 Å². The van der Waals surface area contributed by atoms with Gasteiger partial charge in [-0.3, -0.25) is 4.79 Å². The van der Waals surface area contributed by atoms with Crippen molar-refractivity contribution in [1.82, 2.24) is 19.9 Å². The fraction of sp³-hybridized carbons (Fsp3) is 0.312. The van der Waals surface area contributed by atoms with Crippen molar-refractivity contribution in [2.45, 2.75) is 20.8 Å². The number of carbonyl (C=O) groups excluding carboxylic acids is 1. The quantitative estimate of drug-likeness (QED) is 0.803. The molecule has 23 heavy (non-hydrogen) atoms. The standard InChI is InChI=1S/C16H17FN4O2/c1-9(2)8-18-15(22)13-10(3)21-16(23-13)19-14(20-21)11-4-6-12(17)7-5-11/h4-7,9H,8H2,1-3H3,(H,18,22). The molecule has 2 heterocycles. The number of carbonyl (C=O) groups is 1. The number of oxazole rings is 1. The number of aryl methyl sites for hydroxylation is 1. The van der Waals surface area contributed by atoms with E-state index in [0.29, 0.717) is 29.5 Å². The molecule has 6 nitrogen and oxygen atoms in total. The fourth-order valence-corrected chi connectivity index (χ4v) is 2.15. The molecule has 0 unspecified atom stereocenters. The van der Waals surface area contributed by atoms with E-state index in [2.05, 4.69) is 15.4 Å². The molecule has 0 bridgehead atoms. The van der Waals surface area contributed by atoms with E-state index in [9.17, 15) is 9.18 Å². The first-order chi connectivity index (χ1) is 11.0. The minimum absolute atomic E-state index is 0.200. The number of halogens is 1. The van der Waals surface area contributed by atoms with Gasteiger partial charge < -0.3 is 9.73 Å². The predicted octanol–water partition coefficient (Wildman–Crippen LogP) is 2.82. The third kappa shape index (κ3) is 2.94. The number of hydrogen-bond donors (Lipinski definition) is 1. The maximum absolute atomic E-state index is 13.0. The first-order valence-electron chi connectivity index (χ1n) is 7.36. The summed E-state index contributed by atoms with van der Waals surface area (Å²) in [5.41, 5.74) is 1.25. The van der Waals surface area contributed by atoms with Crippen molar-refractivity contribution in [3.8, 4) is 11.4 Å². The maximum atomic E-state index is 13.0. The second-order valence-electron chi connectivity index (χ2n) is 5.76. The number of hydrogen-bond acceptors (Lipinski definition) is 4. The number of nitrogens with zero attached hydrogens (tertiary/aromatic N) is 3. The smallest absolute Gasteiger partial charge is 0.325 e. The zero-order valence-electron chi connectivity index (χ0n) is 13.1. The molecule has 0 aliphatic heterocycles. The highest BCUT2D eigenvalue weighted by atomic mass is 19.1. The number of nitrogens with one attached hydrogen (secondary N) is 1. The topological polar surface area (TPSA) is 72.4 Å². The Hall–Kier alpha value is -2.70. The lowest BCUT2D eigenvalue weighted by Crippen LogP contribution is -2.27. The Morgan fingerprint density at radius 2 is 2.04 bits per heavy atom. The first-order valence-corrected chi connectivity index (χ1v) is 7.36. The summed E-state index contributed by atoms with van der Waals surface area (Å²) in [5, 5.41) is 7.12. The molecular formula is C16H17FN4O2. The van der Waals surface area contributed by atoms with Crippen LogP contribution in [0.2, 0.25) is 0 Å². The Morgan fingerprint density at radius 3 is 2.65 bits per heavy atom. The van der Waals surface area contributed by atoms with E-state index in [1.807, 2.05) is 13.8 Å². The normalized spacial score (nSPS) is 11.3. The van der Waals surface area contributed by atoms with E-state index >= 15 is 0 Å². The van der Waals surface area contributed by atoms with Crippen molar-refractivity contribution in [3.63, 3.8) is 0 Å². The molecule has 120 valence electrons. The molecule has 0 atom stereocenters. The largest absolute Gasteiger partial charge is 0.416 e. The maximum Gasteiger partial charge on any atom is 0.325 e. The van der Waals surface area contributed by atoms with Gasteiger partial charge in [-0.1, -0.05) is 13.8 Å². The molecule has 7 heteroatoms. The Kier molecular flexibility index (Phi) is 3.85. The molecule has 0 saturated heterocycles. The molecule has 1 N–H and O–H groups in total. The third-order valence-corrected chi connectivity index (χ3v) is 3.40. The van der Waals surface area contributed by atoms with Crippen LogP contribution in [0.5, 0.6) is 0 Å². The van der Waals surface area contributed by atoms with E-state index in [-0.39, 0.29) is 23.3 Å². The summed E-state index contributed by atoms with van der Waals surface area (Å²) in [7, 11) is 0. The van der Waals surface area contributed by atoms with Crippen molar-refractivity contribution < 1.29 is 13.6 Å². The van der Waals surface area contributed by atoms with Crippen LogP contribution in [-0.4, -0.2) is 27.0 Å². The van der Waals surface area contributed by atoms with E-state index in [1.54, 1.807) is 19.1 Å². The molecular weight excluding hydrogens is 299 g/mol. The lowest BCUT2D eigenvalue weighted by molar-refractivity contribution is 0.0922. The average molecular weight is 316 g/mol. The van der Waals surface area contributed by atoms with Gasteiger partial charge >= 0.3 is 5.84 Å². The molecule has 0 aliphatic rings. The number of fused-ring (bicyclic) bond motifs is 1. The van der Waals surface area contributed by atoms with Crippen LogP contribution in [0.1, 0.15) is 30.1 Å². The van der Waals surface area contributed by atoms with Gasteiger partial charge in [-0.15, -0.1) is 5.10 Å². The van der Waals surface area contributed by atoms with Gasteiger partial charge in [0.25, 0.3) is 5.91 Å². The number of benzene rings is 1. The summed E-state index contributed by atoms with van der Waals surface area (Å²) >= 11 is 0. The highest BCUT2D eigenvalue weighted by molar-refractivity contribution is 5.92. The number of aromatic nitrogens is 3. The highest BCUT2D eigenvalue weighted by Gasteiger charge is 2.21. The summed E-state index contributed by atoms with van der Waals surface area (Å²) < 4.78 is 20.0. The molecule has 3 rings (SSSR count). The zero-order chi connectivity index (χ0) is 16.6. The van der Waals surface area contributed by atoms with Crippen molar-refractivity contribution in [1.29, 1.82) is 0 Å². The van der Waals surface area contributed by atoms with Gasteiger partial charge in [-0.05, 0) is 37.1 Å². The van der Waals surface area contributed by atoms with Gasteiger partial charge in [0.2, 0.25) is 5.76 Å². The van der Waals surface area contributed by atoms with Crippen LogP contribution in [-0.2, 0) is 0 Å². The summed E-state index contributed by atoms with van der Waals surface area (Å²) in [6.45, 7) is 6.33. The van der Waals surface area contributed by atoms with E-state index in [4.69, 9.17) is 4.42 Å². The van der Waals surface area contributed by atoms with Gasteiger partial charge in [-0.25, -0.2) is 4.39 Å². The zero-order valence-corrected chi connectivity index (χ0v) is 13.1. The van der Waals surface area contributed by atoms with Crippen molar-refractivity contribution >= 4 is 11.8 Å². The molecule has 0 aliphatic carbocycles. The summed E-state index contributed by atoms with van der Waals surface area (Å²) in [4.78, 5) is 16.4. The van der Waals surface area contributed by atoms with Gasteiger partial charge in [0.05, 0.1) is 5.69 Å². The van der Waals surface area contributed by atoms with Crippen molar-refractivity contribution in [2.24, 2.45) is 5.92 Å². The second-order valence-corrected chi connectivity index (χ2v) is 5.76.